The van der Waals surface area contributed by atoms with Gasteiger partial charge in [-0.15, -0.1) is 5.10 Å². The molecule has 0 saturated heterocycles. The number of hydrogen-bond acceptors (Lipinski definition) is 8. The van der Waals surface area contributed by atoms with E-state index in [0.717, 1.165) is 56.8 Å². The van der Waals surface area contributed by atoms with E-state index in [1.807, 2.05) is 21.8 Å². The topological polar surface area (TPSA) is 116 Å². The molecule has 1 aliphatic rings. The summed E-state index contributed by atoms with van der Waals surface area (Å²) in [5, 5.41) is 23.9. The molecule has 0 aromatic carbocycles. The van der Waals surface area contributed by atoms with E-state index in [0.29, 0.717) is 17.1 Å². The zero-order valence-corrected chi connectivity index (χ0v) is 15.4. The van der Waals surface area contributed by atoms with Crippen molar-refractivity contribution in [2.45, 2.75) is 32.4 Å². The maximum atomic E-state index is 4.59. The number of aryl methyl sites for hydroxylation is 2. The SMILES string of the molecule is c1nn2cc1Nc1ncc3nnn(c3n1)-c1cnn(c1)CCCNCCCC2. The van der Waals surface area contributed by atoms with Crippen LogP contribution in [-0.2, 0) is 13.1 Å². The predicted octanol–water partition coefficient (Wildman–Crippen LogP) is 1.12. The second-order valence-electron chi connectivity index (χ2n) is 6.79. The lowest BCUT2D eigenvalue weighted by atomic mass is 10.3. The van der Waals surface area contributed by atoms with E-state index >= 15 is 0 Å². The van der Waals surface area contributed by atoms with Gasteiger partial charge in [-0.1, -0.05) is 5.21 Å². The maximum Gasteiger partial charge on any atom is 0.229 e. The molecular weight excluding hydrogens is 358 g/mol. The third-order valence-corrected chi connectivity index (χ3v) is 4.68. The molecule has 0 fully saturated rings. The van der Waals surface area contributed by atoms with Gasteiger partial charge < -0.3 is 10.6 Å². The first kappa shape index (κ1) is 16.8. The molecule has 28 heavy (non-hydrogen) atoms. The molecule has 0 amide bonds. The van der Waals surface area contributed by atoms with Crippen LogP contribution >= 0.6 is 0 Å². The van der Waals surface area contributed by atoms with Gasteiger partial charge >= 0.3 is 0 Å². The lowest BCUT2D eigenvalue weighted by Crippen LogP contribution is -2.18. The molecule has 5 heterocycles. The molecule has 0 aliphatic carbocycles. The summed E-state index contributed by atoms with van der Waals surface area (Å²) < 4.78 is 5.54. The minimum atomic E-state index is 0.477. The van der Waals surface area contributed by atoms with Crippen LogP contribution in [0.3, 0.4) is 0 Å². The van der Waals surface area contributed by atoms with Crippen LogP contribution in [0.2, 0.25) is 0 Å². The number of nitrogens with one attached hydrogen (secondary N) is 2. The molecule has 4 aromatic heterocycles. The Morgan fingerprint density at radius 3 is 2.75 bits per heavy atom. The normalized spacial score (nSPS) is 15.7. The van der Waals surface area contributed by atoms with E-state index in [4.69, 9.17) is 0 Å². The Morgan fingerprint density at radius 2 is 1.75 bits per heavy atom. The number of aromatic nitrogens is 9. The van der Waals surface area contributed by atoms with Gasteiger partial charge in [-0.3, -0.25) is 9.36 Å². The third kappa shape index (κ3) is 3.43. The summed E-state index contributed by atoms with van der Waals surface area (Å²) in [4.78, 5) is 8.92. The van der Waals surface area contributed by atoms with E-state index in [-0.39, 0.29) is 0 Å². The molecule has 6 bridgehead atoms. The fraction of sp³-hybridized carbons (Fsp3) is 0.412. The number of fused-ring (bicyclic) bond motifs is 6. The van der Waals surface area contributed by atoms with Crippen LogP contribution in [-0.4, -0.2) is 57.6 Å². The highest BCUT2D eigenvalue weighted by atomic mass is 15.5. The lowest BCUT2D eigenvalue weighted by molar-refractivity contribution is 0.511. The summed E-state index contributed by atoms with van der Waals surface area (Å²) in [5.74, 6) is 0.477. The third-order valence-electron chi connectivity index (χ3n) is 4.68. The first-order chi connectivity index (χ1) is 13.8. The Bertz CT molecular complexity index is 1080. The van der Waals surface area contributed by atoms with Crippen LogP contribution in [0.4, 0.5) is 11.6 Å². The Morgan fingerprint density at radius 1 is 0.893 bits per heavy atom. The highest BCUT2D eigenvalue weighted by molar-refractivity contribution is 5.72. The number of anilines is 2. The van der Waals surface area contributed by atoms with Gasteiger partial charge in [0.15, 0.2) is 11.2 Å². The number of hydrogen-bond donors (Lipinski definition) is 2. The van der Waals surface area contributed by atoms with Crippen molar-refractivity contribution in [2.24, 2.45) is 0 Å². The molecule has 11 heteroatoms. The second-order valence-corrected chi connectivity index (χ2v) is 6.79. The van der Waals surface area contributed by atoms with Crippen LogP contribution in [0, 0.1) is 0 Å². The van der Waals surface area contributed by atoms with E-state index in [1.54, 1.807) is 23.3 Å². The van der Waals surface area contributed by atoms with Crippen molar-refractivity contribution in [3.05, 3.63) is 31.0 Å². The Balaban J connectivity index is 1.49. The summed E-state index contributed by atoms with van der Waals surface area (Å²) in [7, 11) is 0. The standard InChI is InChI=1S/C17H21N11/c1-2-6-26-11-13(8-20-26)22-17-19-10-15-16(23-17)28(25-24-15)14-9-21-27(12-14)7-3-5-18-4-1/h8-12,18H,1-7H2,(H,19,22,23). The first-order valence-electron chi connectivity index (χ1n) is 9.47. The molecular formula is C17H21N11. The summed E-state index contributed by atoms with van der Waals surface area (Å²) in [6.07, 6.45) is 12.3. The van der Waals surface area contributed by atoms with Crippen molar-refractivity contribution >= 4 is 22.8 Å². The van der Waals surface area contributed by atoms with Crippen LogP contribution < -0.4 is 10.6 Å². The molecule has 11 nitrogen and oxygen atoms in total. The van der Waals surface area contributed by atoms with Gasteiger partial charge in [0, 0.05) is 19.3 Å². The largest absolute Gasteiger partial charge is 0.321 e. The van der Waals surface area contributed by atoms with Gasteiger partial charge in [-0.05, 0) is 32.4 Å². The Kier molecular flexibility index (Phi) is 4.41. The smallest absolute Gasteiger partial charge is 0.229 e. The summed E-state index contributed by atoms with van der Waals surface area (Å²) in [6, 6.07) is 0. The van der Waals surface area contributed by atoms with Gasteiger partial charge in [0.1, 0.15) is 5.69 Å². The molecule has 0 unspecified atom stereocenters. The predicted molar refractivity (Wildman–Crippen MR) is 102 cm³/mol. The highest BCUT2D eigenvalue weighted by Gasteiger charge is 2.12. The monoisotopic (exact) mass is 379 g/mol. The average molecular weight is 379 g/mol. The summed E-state index contributed by atoms with van der Waals surface area (Å²) in [5.41, 5.74) is 2.93. The fourth-order valence-electron chi connectivity index (χ4n) is 3.24. The van der Waals surface area contributed by atoms with Gasteiger partial charge in [0.05, 0.1) is 30.5 Å². The van der Waals surface area contributed by atoms with E-state index in [2.05, 4.69) is 41.1 Å². The highest BCUT2D eigenvalue weighted by Crippen LogP contribution is 2.17. The molecule has 0 atom stereocenters. The molecule has 5 rings (SSSR count). The van der Waals surface area contributed by atoms with Crippen molar-refractivity contribution in [1.29, 1.82) is 0 Å². The minimum Gasteiger partial charge on any atom is -0.321 e. The molecule has 4 aromatic rings. The van der Waals surface area contributed by atoms with Crippen molar-refractivity contribution < 1.29 is 0 Å². The van der Waals surface area contributed by atoms with Gasteiger partial charge in [0.2, 0.25) is 5.95 Å². The molecule has 0 radical (unpaired) electrons. The van der Waals surface area contributed by atoms with Crippen molar-refractivity contribution in [2.75, 3.05) is 18.4 Å². The average Bonchev–Trinajstić information content (AvgIpc) is 3.43. The fourth-order valence-corrected chi connectivity index (χ4v) is 3.24. The van der Waals surface area contributed by atoms with Crippen LogP contribution in [0.25, 0.3) is 16.9 Å². The zero-order chi connectivity index (χ0) is 18.8. The van der Waals surface area contributed by atoms with Crippen molar-refractivity contribution in [1.82, 2.24) is 49.8 Å². The van der Waals surface area contributed by atoms with Crippen LogP contribution in [0.5, 0.6) is 0 Å². The summed E-state index contributed by atoms with van der Waals surface area (Å²) >= 11 is 0. The molecule has 2 N–H and O–H groups in total. The quantitative estimate of drug-likeness (QED) is 0.467. The van der Waals surface area contributed by atoms with Gasteiger partial charge in [-0.2, -0.15) is 19.9 Å². The zero-order valence-electron chi connectivity index (χ0n) is 15.4. The lowest BCUT2D eigenvalue weighted by Gasteiger charge is -2.05. The van der Waals surface area contributed by atoms with Crippen molar-refractivity contribution in [3.8, 4) is 5.69 Å². The van der Waals surface area contributed by atoms with Crippen molar-refractivity contribution in [3.63, 3.8) is 0 Å². The van der Waals surface area contributed by atoms with Crippen LogP contribution in [0.15, 0.2) is 31.0 Å². The van der Waals surface area contributed by atoms with E-state index in [9.17, 15) is 0 Å². The van der Waals surface area contributed by atoms with E-state index in [1.165, 1.54) is 0 Å². The Hall–Kier alpha value is -3.34. The molecule has 144 valence electrons. The second kappa shape index (κ2) is 7.35. The summed E-state index contributed by atoms with van der Waals surface area (Å²) in [6.45, 7) is 3.70. The van der Waals surface area contributed by atoms with Gasteiger partial charge in [-0.25, -0.2) is 4.98 Å². The first-order valence-corrected chi connectivity index (χ1v) is 9.47. The number of nitrogens with zero attached hydrogens (tertiary/aromatic N) is 9. The molecule has 0 spiro atoms. The minimum absolute atomic E-state index is 0.477. The maximum absolute atomic E-state index is 4.59. The van der Waals surface area contributed by atoms with Crippen LogP contribution in [0.1, 0.15) is 19.3 Å². The van der Waals surface area contributed by atoms with E-state index < -0.39 is 0 Å². The molecule has 0 saturated carbocycles. The number of rotatable bonds is 0. The Labute approximate surface area is 160 Å². The van der Waals surface area contributed by atoms with Gasteiger partial charge in [0.25, 0.3) is 0 Å². The molecule has 1 aliphatic heterocycles.